The van der Waals surface area contributed by atoms with E-state index in [1.165, 1.54) is 12.1 Å². The smallest absolute Gasteiger partial charge is 0.258 e. The molecule has 1 aromatic heterocycles. The average molecular weight is 340 g/mol. The first-order chi connectivity index (χ1) is 12.1. The fourth-order valence-corrected chi connectivity index (χ4v) is 2.17. The Labute approximate surface area is 144 Å². The Morgan fingerprint density at radius 2 is 1.88 bits per heavy atom. The van der Waals surface area contributed by atoms with Gasteiger partial charge in [0.25, 0.3) is 5.91 Å². The number of halogens is 1. The molecule has 25 heavy (non-hydrogen) atoms. The Kier molecular flexibility index (Phi) is 5.09. The Morgan fingerprint density at radius 1 is 1.16 bits per heavy atom. The number of aryl methyl sites for hydroxylation is 1. The Balaban J connectivity index is 1.49. The number of rotatable bonds is 6. The molecule has 0 atom stereocenters. The average Bonchev–Trinajstić information content (AvgIpc) is 3.09. The minimum Gasteiger partial charge on any atom is -0.484 e. The number of benzene rings is 2. The summed E-state index contributed by atoms with van der Waals surface area (Å²) < 4.78 is 23.5. The molecule has 0 saturated heterocycles. The van der Waals surface area contributed by atoms with Gasteiger partial charge in [0.15, 0.2) is 12.4 Å². The maximum atomic E-state index is 12.9. The molecule has 0 aliphatic heterocycles. The predicted octanol–water partition coefficient (Wildman–Crippen LogP) is 3.48. The summed E-state index contributed by atoms with van der Waals surface area (Å²) in [5, 5.41) is 6.60. The van der Waals surface area contributed by atoms with Crippen molar-refractivity contribution in [2.45, 2.75) is 13.5 Å². The molecule has 0 saturated carbocycles. The van der Waals surface area contributed by atoms with Crippen LogP contribution in [0.5, 0.6) is 5.75 Å². The van der Waals surface area contributed by atoms with Crippen LogP contribution in [0.2, 0.25) is 0 Å². The summed E-state index contributed by atoms with van der Waals surface area (Å²) in [4.78, 5) is 11.8. The number of aromatic nitrogens is 1. The fourth-order valence-electron chi connectivity index (χ4n) is 2.17. The molecular formula is C19H17FN2O3. The SMILES string of the molecule is Cc1ccc(OCC(=O)NCc2cc(-c3ccc(F)cc3)on2)cc1. The number of nitrogens with one attached hydrogen (secondary N) is 1. The molecule has 1 amide bonds. The second-order valence-corrected chi connectivity index (χ2v) is 5.57. The lowest BCUT2D eigenvalue weighted by molar-refractivity contribution is -0.123. The highest BCUT2D eigenvalue weighted by molar-refractivity contribution is 5.77. The number of hydrogen-bond donors (Lipinski definition) is 1. The molecule has 0 aliphatic carbocycles. The van der Waals surface area contributed by atoms with E-state index in [4.69, 9.17) is 9.26 Å². The van der Waals surface area contributed by atoms with Crippen molar-refractivity contribution in [2.75, 3.05) is 6.61 Å². The molecule has 128 valence electrons. The van der Waals surface area contributed by atoms with Crippen molar-refractivity contribution in [3.8, 4) is 17.1 Å². The fraction of sp³-hybridized carbons (Fsp3) is 0.158. The van der Waals surface area contributed by atoms with Crippen molar-refractivity contribution in [1.82, 2.24) is 10.5 Å². The molecule has 2 aromatic carbocycles. The van der Waals surface area contributed by atoms with E-state index in [1.54, 1.807) is 18.2 Å². The third kappa shape index (κ3) is 4.67. The Morgan fingerprint density at radius 3 is 2.60 bits per heavy atom. The van der Waals surface area contributed by atoms with Gasteiger partial charge in [-0.3, -0.25) is 4.79 Å². The van der Waals surface area contributed by atoms with Crippen molar-refractivity contribution in [3.05, 3.63) is 71.7 Å². The van der Waals surface area contributed by atoms with Gasteiger partial charge < -0.3 is 14.6 Å². The molecule has 1 N–H and O–H groups in total. The Hall–Kier alpha value is -3.15. The highest BCUT2D eigenvalue weighted by Gasteiger charge is 2.09. The number of carbonyl (C=O) groups excluding carboxylic acids is 1. The van der Waals surface area contributed by atoms with Crippen LogP contribution < -0.4 is 10.1 Å². The van der Waals surface area contributed by atoms with E-state index in [0.29, 0.717) is 22.8 Å². The zero-order chi connectivity index (χ0) is 17.6. The summed E-state index contributed by atoms with van der Waals surface area (Å²) in [6, 6.07) is 15.1. The van der Waals surface area contributed by atoms with E-state index in [1.807, 2.05) is 31.2 Å². The van der Waals surface area contributed by atoms with Crippen LogP contribution in [0.1, 0.15) is 11.3 Å². The van der Waals surface area contributed by atoms with Crippen LogP contribution in [0.15, 0.2) is 59.1 Å². The van der Waals surface area contributed by atoms with Crippen molar-refractivity contribution < 1.29 is 18.4 Å². The first-order valence-corrected chi connectivity index (χ1v) is 7.78. The maximum absolute atomic E-state index is 12.9. The third-order valence-electron chi connectivity index (χ3n) is 3.55. The number of amides is 1. The summed E-state index contributed by atoms with van der Waals surface area (Å²) in [6.45, 7) is 2.13. The highest BCUT2D eigenvalue weighted by atomic mass is 19.1. The first-order valence-electron chi connectivity index (χ1n) is 7.78. The van der Waals surface area contributed by atoms with Crippen LogP contribution >= 0.6 is 0 Å². The number of nitrogens with zero attached hydrogens (tertiary/aromatic N) is 1. The molecule has 1 heterocycles. The van der Waals surface area contributed by atoms with Crippen molar-refractivity contribution in [3.63, 3.8) is 0 Å². The lowest BCUT2D eigenvalue weighted by atomic mass is 10.1. The number of carbonyl (C=O) groups is 1. The second kappa shape index (κ2) is 7.61. The van der Waals surface area contributed by atoms with E-state index in [0.717, 1.165) is 5.56 Å². The quantitative estimate of drug-likeness (QED) is 0.746. The van der Waals surface area contributed by atoms with Crippen LogP contribution in [0.4, 0.5) is 4.39 Å². The lowest BCUT2D eigenvalue weighted by Crippen LogP contribution is -2.28. The number of ether oxygens (including phenoxy) is 1. The molecule has 5 nitrogen and oxygen atoms in total. The van der Waals surface area contributed by atoms with Gasteiger partial charge >= 0.3 is 0 Å². The molecule has 6 heteroatoms. The van der Waals surface area contributed by atoms with Gasteiger partial charge in [-0.15, -0.1) is 0 Å². The zero-order valence-electron chi connectivity index (χ0n) is 13.7. The summed E-state index contributed by atoms with van der Waals surface area (Å²) >= 11 is 0. The third-order valence-corrected chi connectivity index (χ3v) is 3.55. The first kappa shape index (κ1) is 16.7. The van der Waals surface area contributed by atoms with Gasteiger partial charge in [0.05, 0.1) is 6.54 Å². The summed E-state index contributed by atoms with van der Waals surface area (Å²) in [7, 11) is 0. The van der Waals surface area contributed by atoms with Gasteiger partial charge in [-0.05, 0) is 43.3 Å². The van der Waals surface area contributed by atoms with Gasteiger partial charge in [-0.25, -0.2) is 4.39 Å². The lowest BCUT2D eigenvalue weighted by Gasteiger charge is -2.06. The predicted molar refractivity (Wildman–Crippen MR) is 90.4 cm³/mol. The van der Waals surface area contributed by atoms with E-state index < -0.39 is 0 Å². The van der Waals surface area contributed by atoms with Crippen molar-refractivity contribution >= 4 is 5.91 Å². The number of hydrogen-bond acceptors (Lipinski definition) is 4. The van der Waals surface area contributed by atoms with Crippen LogP contribution in [-0.2, 0) is 11.3 Å². The van der Waals surface area contributed by atoms with E-state index >= 15 is 0 Å². The zero-order valence-corrected chi connectivity index (χ0v) is 13.7. The minimum absolute atomic E-state index is 0.0776. The monoisotopic (exact) mass is 340 g/mol. The summed E-state index contributed by atoms with van der Waals surface area (Å²) in [5.41, 5.74) is 2.41. The Bertz CT molecular complexity index is 842. The minimum atomic E-state index is -0.315. The van der Waals surface area contributed by atoms with E-state index in [2.05, 4.69) is 10.5 Å². The van der Waals surface area contributed by atoms with Crippen molar-refractivity contribution in [1.29, 1.82) is 0 Å². The van der Waals surface area contributed by atoms with Gasteiger partial charge in [0, 0.05) is 11.6 Å². The molecule has 3 rings (SSSR count). The van der Waals surface area contributed by atoms with E-state index in [-0.39, 0.29) is 24.9 Å². The normalized spacial score (nSPS) is 10.5. The molecule has 0 fully saturated rings. The second-order valence-electron chi connectivity index (χ2n) is 5.57. The van der Waals surface area contributed by atoms with Gasteiger partial charge in [0.2, 0.25) is 0 Å². The van der Waals surface area contributed by atoms with Crippen LogP contribution in [-0.4, -0.2) is 17.7 Å². The molecule has 0 aliphatic rings. The summed E-state index contributed by atoms with van der Waals surface area (Å²) in [6.07, 6.45) is 0. The standard InChI is InChI=1S/C19H17FN2O3/c1-13-2-8-17(9-3-13)24-12-19(23)21-11-16-10-18(25-22-16)14-4-6-15(20)7-5-14/h2-10H,11-12H2,1H3,(H,21,23). The highest BCUT2D eigenvalue weighted by Crippen LogP contribution is 2.20. The molecule has 0 unspecified atom stereocenters. The molecule has 0 radical (unpaired) electrons. The summed E-state index contributed by atoms with van der Waals surface area (Å²) in [5.74, 6) is 0.581. The molecule has 0 bridgehead atoms. The topological polar surface area (TPSA) is 64.4 Å². The molecule has 0 spiro atoms. The van der Waals surface area contributed by atoms with Crippen LogP contribution in [0, 0.1) is 12.7 Å². The largest absolute Gasteiger partial charge is 0.484 e. The van der Waals surface area contributed by atoms with E-state index in [9.17, 15) is 9.18 Å². The maximum Gasteiger partial charge on any atom is 0.258 e. The molecular weight excluding hydrogens is 323 g/mol. The van der Waals surface area contributed by atoms with Gasteiger partial charge in [0.1, 0.15) is 17.3 Å². The van der Waals surface area contributed by atoms with Crippen LogP contribution in [0.25, 0.3) is 11.3 Å². The van der Waals surface area contributed by atoms with Gasteiger partial charge in [-0.1, -0.05) is 22.9 Å². The van der Waals surface area contributed by atoms with Crippen molar-refractivity contribution in [2.24, 2.45) is 0 Å². The van der Waals surface area contributed by atoms with Gasteiger partial charge in [-0.2, -0.15) is 0 Å². The van der Waals surface area contributed by atoms with Crippen LogP contribution in [0.3, 0.4) is 0 Å². The molecule has 3 aromatic rings.